The van der Waals surface area contributed by atoms with Crippen LogP contribution in [0.5, 0.6) is 0 Å². The van der Waals surface area contributed by atoms with Crippen molar-refractivity contribution in [1.82, 2.24) is 9.55 Å². The summed E-state index contributed by atoms with van der Waals surface area (Å²) in [5.74, 6) is -0.285. The molecular weight excluding hydrogens is 323 g/mol. The Morgan fingerprint density at radius 3 is 2.91 bits per heavy atom. The number of aromatic nitrogens is 2. The Balaban J connectivity index is 1.95. The Bertz CT molecular complexity index is 727. The van der Waals surface area contributed by atoms with Crippen molar-refractivity contribution in [1.29, 1.82) is 0 Å². The number of nitrogen functional groups attached to an aromatic ring is 1. The van der Waals surface area contributed by atoms with Gasteiger partial charge in [-0.3, -0.25) is 4.79 Å². The van der Waals surface area contributed by atoms with Gasteiger partial charge in [-0.15, -0.1) is 0 Å². The molecule has 0 aliphatic carbocycles. The van der Waals surface area contributed by atoms with Crippen molar-refractivity contribution in [2.45, 2.75) is 32.2 Å². The number of carbonyl (C=O) groups is 1. The summed E-state index contributed by atoms with van der Waals surface area (Å²) in [6, 6.07) is 3.26. The van der Waals surface area contributed by atoms with Crippen LogP contribution in [0.2, 0.25) is 10.2 Å². The van der Waals surface area contributed by atoms with E-state index in [1.165, 1.54) is 6.20 Å². The molecule has 1 amide bonds. The van der Waals surface area contributed by atoms with Gasteiger partial charge in [-0.2, -0.15) is 0 Å². The quantitative estimate of drug-likeness (QED) is 0.819. The van der Waals surface area contributed by atoms with Gasteiger partial charge in [0.25, 0.3) is 5.91 Å². The summed E-state index contributed by atoms with van der Waals surface area (Å²) in [7, 11) is 0. The number of anilines is 2. The highest BCUT2D eigenvalue weighted by Crippen LogP contribution is 2.34. The average molecular weight is 339 g/mol. The lowest BCUT2D eigenvalue weighted by atomic mass is 10.2. The van der Waals surface area contributed by atoms with Gasteiger partial charge in [-0.05, 0) is 31.4 Å². The van der Waals surface area contributed by atoms with Gasteiger partial charge < -0.3 is 15.6 Å². The molecule has 5 nitrogen and oxygen atoms in total. The zero-order valence-electron chi connectivity index (χ0n) is 11.9. The van der Waals surface area contributed by atoms with Crippen molar-refractivity contribution < 1.29 is 4.79 Å². The molecule has 116 valence electrons. The van der Waals surface area contributed by atoms with E-state index in [9.17, 15) is 4.79 Å². The number of nitrogens with zero attached hydrogens (tertiary/aromatic N) is 2. The van der Waals surface area contributed by atoms with Gasteiger partial charge in [0.15, 0.2) is 0 Å². The van der Waals surface area contributed by atoms with E-state index in [2.05, 4.69) is 10.3 Å². The lowest BCUT2D eigenvalue weighted by molar-refractivity contribution is 0.101. The first-order valence-electron chi connectivity index (χ1n) is 7.17. The zero-order valence-corrected chi connectivity index (χ0v) is 13.4. The summed E-state index contributed by atoms with van der Waals surface area (Å²) in [6.45, 7) is 0.756. The van der Waals surface area contributed by atoms with Crippen LogP contribution in [0.1, 0.15) is 35.4 Å². The van der Waals surface area contributed by atoms with Gasteiger partial charge >= 0.3 is 0 Å². The highest BCUT2D eigenvalue weighted by molar-refractivity contribution is 6.37. The lowest BCUT2D eigenvalue weighted by Crippen LogP contribution is -2.18. The molecule has 2 aromatic heterocycles. The zero-order chi connectivity index (χ0) is 15.7. The largest absolute Gasteiger partial charge is 0.396 e. The molecule has 22 heavy (non-hydrogen) atoms. The molecule has 1 aliphatic rings. The number of nitrogens with two attached hydrogens (primary N) is 1. The number of rotatable bonds is 2. The van der Waals surface area contributed by atoms with Crippen molar-refractivity contribution >= 4 is 40.5 Å². The monoisotopic (exact) mass is 338 g/mol. The molecule has 3 rings (SSSR count). The van der Waals surface area contributed by atoms with E-state index < -0.39 is 0 Å². The second-order valence-electron chi connectivity index (χ2n) is 5.31. The van der Waals surface area contributed by atoms with E-state index in [-0.39, 0.29) is 5.91 Å². The first-order chi connectivity index (χ1) is 10.6. The highest BCUT2D eigenvalue weighted by Gasteiger charge is 2.25. The third kappa shape index (κ3) is 2.78. The fourth-order valence-corrected chi connectivity index (χ4v) is 3.27. The summed E-state index contributed by atoms with van der Waals surface area (Å²) in [4.78, 5) is 16.5. The molecule has 0 aromatic carbocycles. The molecule has 0 fully saturated rings. The molecule has 0 bridgehead atoms. The molecule has 7 heteroatoms. The Morgan fingerprint density at radius 2 is 2.14 bits per heavy atom. The van der Waals surface area contributed by atoms with Gasteiger partial charge in [-0.1, -0.05) is 29.6 Å². The Labute approximate surface area is 138 Å². The first-order valence-corrected chi connectivity index (χ1v) is 7.92. The number of amides is 1. The van der Waals surface area contributed by atoms with Crippen LogP contribution in [0.3, 0.4) is 0 Å². The molecule has 0 spiro atoms. The summed E-state index contributed by atoms with van der Waals surface area (Å²) in [5.41, 5.74) is 8.55. The Hall–Kier alpha value is -1.72. The number of carbonyl (C=O) groups excluding carboxylic acids is 1. The molecule has 3 heterocycles. The maximum Gasteiger partial charge on any atom is 0.273 e. The van der Waals surface area contributed by atoms with E-state index in [4.69, 9.17) is 28.9 Å². The number of pyridine rings is 1. The lowest BCUT2D eigenvalue weighted by Gasteiger charge is -2.11. The minimum atomic E-state index is -0.285. The van der Waals surface area contributed by atoms with Crippen LogP contribution in [0.15, 0.2) is 18.3 Å². The molecule has 0 unspecified atom stereocenters. The van der Waals surface area contributed by atoms with Gasteiger partial charge in [-0.25, -0.2) is 4.98 Å². The van der Waals surface area contributed by atoms with Crippen molar-refractivity contribution in [2.75, 3.05) is 11.1 Å². The molecule has 0 saturated carbocycles. The predicted molar refractivity (Wildman–Crippen MR) is 88.6 cm³/mol. The number of nitrogens with one attached hydrogen (secondary N) is 1. The Kier molecular flexibility index (Phi) is 4.27. The second kappa shape index (κ2) is 6.18. The average Bonchev–Trinajstić information content (AvgIpc) is 2.66. The van der Waals surface area contributed by atoms with Crippen LogP contribution in [0, 0.1) is 0 Å². The molecule has 0 atom stereocenters. The van der Waals surface area contributed by atoms with Crippen LogP contribution in [0.4, 0.5) is 11.4 Å². The van der Waals surface area contributed by atoms with E-state index in [1.54, 1.807) is 12.1 Å². The maximum atomic E-state index is 12.6. The summed E-state index contributed by atoms with van der Waals surface area (Å²) >= 11 is 12.1. The SMILES string of the molecule is Nc1c(Cl)c(C(=O)Nc2ccnc(Cl)c2)n2c1CCCCC2. The highest BCUT2D eigenvalue weighted by atomic mass is 35.5. The third-order valence-corrected chi connectivity index (χ3v) is 4.44. The molecule has 1 aliphatic heterocycles. The van der Waals surface area contributed by atoms with E-state index in [0.717, 1.165) is 37.9 Å². The predicted octanol–water partition coefficient (Wildman–Crippen LogP) is 3.75. The Morgan fingerprint density at radius 1 is 1.32 bits per heavy atom. The smallest absolute Gasteiger partial charge is 0.273 e. The molecular formula is C15H16Cl2N4O. The van der Waals surface area contributed by atoms with Crippen LogP contribution >= 0.6 is 23.2 Å². The maximum absolute atomic E-state index is 12.6. The van der Waals surface area contributed by atoms with Crippen molar-refractivity contribution in [3.8, 4) is 0 Å². The number of halogens is 2. The van der Waals surface area contributed by atoms with E-state index in [1.807, 2.05) is 4.57 Å². The normalized spacial score (nSPS) is 14.3. The number of fused-ring (bicyclic) bond motifs is 1. The first kappa shape index (κ1) is 15.2. The fourth-order valence-electron chi connectivity index (χ4n) is 2.80. The summed E-state index contributed by atoms with van der Waals surface area (Å²) < 4.78 is 1.95. The molecule has 2 aromatic rings. The topological polar surface area (TPSA) is 72.9 Å². The van der Waals surface area contributed by atoms with Crippen molar-refractivity contribution in [3.05, 3.63) is 39.9 Å². The van der Waals surface area contributed by atoms with E-state index in [0.29, 0.717) is 27.2 Å². The van der Waals surface area contributed by atoms with Gasteiger partial charge in [0.2, 0.25) is 0 Å². The number of hydrogen-bond donors (Lipinski definition) is 2. The summed E-state index contributed by atoms with van der Waals surface area (Å²) in [6.07, 6.45) is 5.58. The second-order valence-corrected chi connectivity index (χ2v) is 6.07. The molecule has 0 saturated heterocycles. The van der Waals surface area contributed by atoms with Crippen LogP contribution in [0.25, 0.3) is 0 Å². The standard InChI is InChI=1S/C15H16Cl2N4O/c16-11-8-9(5-6-19-11)20-15(22)14-12(17)13(18)10-4-2-1-3-7-21(10)14/h5-6,8H,1-4,7,18H2,(H,19,20,22). The fraction of sp³-hybridized carbons (Fsp3) is 0.333. The van der Waals surface area contributed by atoms with Gasteiger partial charge in [0.1, 0.15) is 10.8 Å². The number of hydrogen-bond acceptors (Lipinski definition) is 3. The van der Waals surface area contributed by atoms with Gasteiger partial charge in [0.05, 0.1) is 10.7 Å². The minimum absolute atomic E-state index is 0.285. The third-order valence-electron chi connectivity index (χ3n) is 3.85. The summed E-state index contributed by atoms with van der Waals surface area (Å²) in [5, 5.41) is 3.44. The minimum Gasteiger partial charge on any atom is -0.396 e. The van der Waals surface area contributed by atoms with Crippen molar-refractivity contribution in [2.24, 2.45) is 0 Å². The van der Waals surface area contributed by atoms with Crippen LogP contribution < -0.4 is 11.1 Å². The van der Waals surface area contributed by atoms with Crippen LogP contribution in [-0.2, 0) is 13.0 Å². The molecule has 0 radical (unpaired) electrons. The molecule has 3 N–H and O–H groups in total. The van der Waals surface area contributed by atoms with Crippen molar-refractivity contribution in [3.63, 3.8) is 0 Å². The van der Waals surface area contributed by atoms with Gasteiger partial charge in [0, 0.05) is 24.1 Å². The van der Waals surface area contributed by atoms with Crippen LogP contribution in [-0.4, -0.2) is 15.5 Å². The van der Waals surface area contributed by atoms with E-state index >= 15 is 0 Å².